The highest BCUT2D eigenvalue weighted by atomic mass is 16.5. The lowest BCUT2D eigenvalue weighted by Crippen LogP contribution is -2.01. The summed E-state index contributed by atoms with van der Waals surface area (Å²) in [6, 6.07) is 15.0. The molecule has 0 aromatic heterocycles. The summed E-state index contributed by atoms with van der Waals surface area (Å²) in [5.41, 5.74) is 5.03. The van der Waals surface area contributed by atoms with Crippen LogP contribution >= 0.6 is 0 Å². The van der Waals surface area contributed by atoms with Gasteiger partial charge in [0.2, 0.25) is 0 Å². The van der Waals surface area contributed by atoms with Crippen molar-refractivity contribution in [2.75, 3.05) is 11.9 Å². The molecule has 1 N–H and O–H groups in total. The molecule has 0 bridgehead atoms. The Labute approximate surface area is 140 Å². The lowest BCUT2D eigenvalue weighted by Gasteiger charge is -2.10. The standard InChI is InChI=1S/C21H29NO/c1-4-5-6-7-12-23-21-10-8-19(9-11-21)16-22-20-14-17(2)13-18(3)15-20/h8-11,13-15,22H,4-7,12,16H2,1-3H3. The maximum Gasteiger partial charge on any atom is 0.119 e. The van der Waals surface area contributed by atoms with E-state index in [9.17, 15) is 0 Å². The number of nitrogens with one attached hydrogen (secondary N) is 1. The molecule has 2 aromatic carbocycles. The largest absolute Gasteiger partial charge is 0.494 e. The fourth-order valence-corrected chi connectivity index (χ4v) is 2.70. The molecule has 0 amide bonds. The average Bonchev–Trinajstić information content (AvgIpc) is 2.53. The van der Waals surface area contributed by atoms with Crippen molar-refractivity contribution in [3.05, 3.63) is 59.2 Å². The first kappa shape index (κ1) is 17.4. The van der Waals surface area contributed by atoms with Crippen LogP contribution in [0, 0.1) is 13.8 Å². The minimum atomic E-state index is 0.820. The summed E-state index contributed by atoms with van der Waals surface area (Å²) in [6.07, 6.45) is 4.97. The summed E-state index contributed by atoms with van der Waals surface area (Å²) in [5, 5.41) is 3.49. The molecule has 0 saturated carbocycles. The van der Waals surface area contributed by atoms with E-state index in [-0.39, 0.29) is 0 Å². The van der Waals surface area contributed by atoms with E-state index in [0.717, 1.165) is 25.3 Å². The van der Waals surface area contributed by atoms with Gasteiger partial charge in [0, 0.05) is 12.2 Å². The van der Waals surface area contributed by atoms with Gasteiger partial charge < -0.3 is 10.1 Å². The highest BCUT2D eigenvalue weighted by molar-refractivity contribution is 5.48. The van der Waals surface area contributed by atoms with Gasteiger partial charge in [0.15, 0.2) is 0 Å². The topological polar surface area (TPSA) is 21.3 Å². The number of ether oxygens (including phenoxy) is 1. The first-order chi connectivity index (χ1) is 11.2. The van der Waals surface area contributed by atoms with Crippen molar-refractivity contribution in [2.24, 2.45) is 0 Å². The number of benzene rings is 2. The van der Waals surface area contributed by atoms with Crippen LogP contribution in [-0.2, 0) is 6.54 Å². The summed E-state index contributed by atoms with van der Waals surface area (Å²) in [5.74, 6) is 0.969. The van der Waals surface area contributed by atoms with Gasteiger partial charge in [-0.3, -0.25) is 0 Å². The Bertz CT molecular complexity index is 569. The molecule has 0 spiro atoms. The number of hydrogen-bond acceptors (Lipinski definition) is 2. The van der Waals surface area contributed by atoms with E-state index in [1.165, 1.54) is 41.6 Å². The molecule has 0 aliphatic carbocycles. The van der Waals surface area contributed by atoms with Crippen molar-refractivity contribution in [1.29, 1.82) is 0 Å². The number of hydrogen-bond donors (Lipinski definition) is 1. The Morgan fingerprint density at radius 3 is 2.22 bits per heavy atom. The number of aryl methyl sites for hydroxylation is 2. The summed E-state index contributed by atoms with van der Waals surface area (Å²) in [7, 11) is 0. The van der Waals surface area contributed by atoms with E-state index >= 15 is 0 Å². The van der Waals surface area contributed by atoms with Crippen molar-refractivity contribution in [1.82, 2.24) is 0 Å². The van der Waals surface area contributed by atoms with Crippen molar-refractivity contribution in [2.45, 2.75) is 53.0 Å². The van der Waals surface area contributed by atoms with Crippen LogP contribution in [0.3, 0.4) is 0 Å². The molecule has 124 valence electrons. The third-order valence-corrected chi connectivity index (χ3v) is 3.91. The molecule has 0 fully saturated rings. The average molecular weight is 311 g/mol. The highest BCUT2D eigenvalue weighted by Crippen LogP contribution is 2.17. The number of rotatable bonds is 9. The van der Waals surface area contributed by atoms with E-state index in [1.807, 2.05) is 0 Å². The first-order valence-corrected chi connectivity index (χ1v) is 8.71. The molecule has 2 heteroatoms. The van der Waals surface area contributed by atoms with Crippen LogP contribution in [0.15, 0.2) is 42.5 Å². The minimum absolute atomic E-state index is 0.820. The maximum absolute atomic E-state index is 5.78. The molecule has 0 aliphatic heterocycles. The van der Waals surface area contributed by atoms with Crippen molar-refractivity contribution in [3.8, 4) is 5.75 Å². The zero-order valence-electron chi connectivity index (χ0n) is 14.7. The zero-order valence-corrected chi connectivity index (χ0v) is 14.7. The Balaban J connectivity index is 1.78. The molecule has 0 atom stereocenters. The number of anilines is 1. The summed E-state index contributed by atoms with van der Waals surface area (Å²) >= 11 is 0. The van der Waals surface area contributed by atoms with E-state index in [4.69, 9.17) is 4.74 Å². The fraction of sp³-hybridized carbons (Fsp3) is 0.429. The molecular formula is C21H29NO. The Morgan fingerprint density at radius 2 is 1.57 bits per heavy atom. The summed E-state index contributed by atoms with van der Waals surface area (Å²) in [4.78, 5) is 0. The molecule has 2 rings (SSSR count). The van der Waals surface area contributed by atoms with Gasteiger partial charge in [0.05, 0.1) is 6.61 Å². The van der Waals surface area contributed by atoms with Crippen molar-refractivity contribution < 1.29 is 4.74 Å². The summed E-state index contributed by atoms with van der Waals surface area (Å²) < 4.78 is 5.78. The van der Waals surface area contributed by atoms with Gasteiger partial charge in [-0.25, -0.2) is 0 Å². The minimum Gasteiger partial charge on any atom is -0.494 e. The predicted molar refractivity (Wildman–Crippen MR) is 99.3 cm³/mol. The van der Waals surface area contributed by atoms with Crippen LogP contribution in [0.5, 0.6) is 5.75 Å². The Hall–Kier alpha value is -1.96. The van der Waals surface area contributed by atoms with Crippen LogP contribution in [0.25, 0.3) is 0 Å². The lowest BCUT2D eigenvalue weighted by atomic mass is 10.1. The SMILES string of the molecule is CCCCCCOc1ccc(CNc2cc(C)cc(C)c2)cc1. The molecule has 0 saturated heterocycles. The second-order valence-corrected chi connectivity index (χ2v) is 6.28. The first-order valence-electron chi connectivity index (χ1n) is 8.71. The van der Waals surface area contributed by atoms with Crippen LogP contribution in [0.2, 0.25) is 0 Å². The van der Waals surface area contributed by atoms with Gasteiger partial charge in [-0.15, -0.1) is 0 Å². The van der Waals surface area contributed by atoms with Gasteiger partial charge in [-0.1, -0.05) is 44.4 Å². The van der Waals surface area contributed by atoms with E-state index in [0.29, 0.717) is 0 Å². The van der Waals surface area contributed by atoms with Gasteiger partial charge in [-0.05, 0) is 61.2 Å². The van der Waals surface area contributed by atoms with Crippen LogP contribution in [-0.4, -0.2) is 6.61 Å². The van der Waals surface area contributed by atoms with Gasteiger partial charge >= 0.3 is 0 Å². The van der Waals surface area contributed by atoms with E-state index < -0.39 is 0 Å². The Morgan fingerprint density at radius 1 is 0.870 bits per heavy atom. The molecule has 23 heavy (non-hydrogen) atoms. The smallest absolute Gasteiger partial charge is 0.119 e. The fourth-order valence-electron chi connectivity index (χ4n) is 2.70. The van der Waals surface area contributed by atoms with Gasteiger partial charge in [0.1, 0.15) is 5.75 Å². The molecule has 2 aromatic rings. The van der Waals surface area contributed by atoms with E-state index in [2.05, 4.69) is 68.6 Å². The van der Waals surface area contributed by atoms with Gasteiger partial charge in [0.25, 0.3) is 0 Å². The van der Waals surface area contributed by atoms with Gasteiger partial charge in [-0.2, -0.15) is 0 Å². The summed E-state index contributed by atoms with van der Waals surface area (Å²) in [6.45, 7) is 8.14. The van der Waals surface area contributed by atoms with E-state index in [1.54, 1.807) is 0 Å². The third-order valence-electron chi connectivity index (χ3n) is 3.91. The molecule has 0 heterocycles. The molecule has 2 nitrogen and oxygen atoms in total. The quantitative estimate of drug-likeness (QED) is 0.584. The van der Waals surface area contributed by atoms with Crippen molar-refractivity contribution >= 4 is 5.69 Å². The zero-order chi connectivity index (χ0) is 16.5. The second kappa shape index (κ2) is 9.24. The normalized spacial score (nSPS) is 10.6. The number of unbranched alkanes of at least 4 members (excludes halogenated alkanes) is 3. The monoisotopic (exact) mass is 311 g/mol. The van der Waals surface area contributed by atoms with Crippen LogP contribution in [0.4, 0.5) is 5.69 Å². The van der Waals surface area contributed by atoms with Crippen LogP contribution < -0.4 is 10.1 Å². The Kier molecular flexibility index (Phi) is 6.99. The molecule has 0 radical (unpaired) electrons. The van der Waals surface area contributed by atoms with Crippen LogP contribution in [0.1, 0.15) is 49.3 Å². The highest BCUT2D eigenvalue weighted by Gasteiger charge is 1.98. The van der Waals surface area contributed by atoms with Crippen molar-refractivity contribution in [3.63, 3.8) is 0 Å². The second-order valence-electron chi connectivity index (χ2n) is 6.28. The molecule has 0 aliphatic rings. The lowest BCUT2D eigenvalue weighted by molar-refractivity contribution is 0.305. The predicted octanol–water partition coefficient (Wildman–Crippen LogP) is 5.87. The molecule has 0 unspecified atom stereocenters. The third kappa shape index (κ3) is 6.35. The molecular weight excluding hydrogens is 282 g/mol. The maximum atomic E-state index is 5.78.